The second kappa shape index (κ2) is 8.21. The smallest absolute Gasteiger partial charge is 0.240 e. The molecule has 2 aromatic rings. The predicted octanol–water partition coefficient (Wildman–Crippen LogP) is 2.94. The normalized spacial score (nSPS) is 15.5. The molecule has 142 valence electrons. The van der Waals surface area contributed by atoms with Gasteiger partial charge in [0.1, 0.15) is 17.7 Å². The van der Waals surface area contributed by atoms with Gasteiger partial charge in [-0.3, -0.25) is 0 Å². The Morgan fingerprint density at radius 1 is 1.33 bits per heavy atom. The van der Waals surface area contributed by atoms with Crippen LogP contribution in [0.2, 0.25) is 5.02 Å². The Balaban J connectivity index is 1.58. The van der Waals surface area contributed by atoms with Crippen LogP contribution in [-0.4, -0.2) is 33.0 Å². The molecule has 2 heterocycles. The highest BCUT2D eigenvalue weighted by Gasteiger charge is 2.24. The molecule has 1 aromatic carbocycles. The molecule has 0 radical (unpaired) electrons. The van der Waals surface area contributed by atoms with Gasteiger partial charge in [0.25, 0.3) is 0 Å². The number of benzene rings is 1. The van der Waals surface area contributed by atoms with Crippen molar-refractivity contribution in [1.29, 1.82) is 5.26 Å². The van der Waals surface area contributed by atoms with Crippen molar-refractivity contribution in [2.24, 2.45) is 5.92 Å². The van der Waals surface area contributed by atoms with Crippen LogP contribution >= 0.6 is 11.6 Å². The number of piperidine rings is 1. The van der Waals surface area contributed by atoms with E-state index in [9.17, 15) is 18.1 Å². The van der Waals surface area contributed by atoms with Gasteiger partial charge in [-0.2, -0.15) is 5.26 Å². The number of halogens is 2. The minimum atomic E-state index is -3.75. The number of nitrogens with one attached hydrogen (secondary N) is 1. The average molecular weight is 409 g/mol. The molecule has 1 fully saturated rings. The van der Waals surface area contributed by atoms with Gasteiger partial charge in [-0.25, -0.2) is 22.5 Å². The molecule has 27 heavy (non-hydrogen) atoms. The fourth-order valence-electron chi connectivity index (χ4n) is 3.04. The largest absolute Gasteiger partial charge is 0.356 e. The summed E-state index contributed by atoms with van der Waals surface area (Å²) in [5.74, 6) is 0.176. The van der Waals surface area contributed by atoms with Crippen LogP contribution in [0.5, 0.6) is 0 Å². The summed E-state index contributed by atoms with van der Waals surface area (Å²) in [6.07, 6.45) is 3.20. The minimum Gasteiger partial charge on any atom is -0.356 e. The Bertz CT molecular complexity index is 970. The summed E-state index contributed by atoms with van der Waals surface area (Å²) in [4.78, 5) is 6.28. The molecule has 3 rings (SSSR count). The van der Waals surface area contributed by atoms with Crippen LogP contribution in [0.3, 0.4) is 0 Å². The minimum absolute atomic E-state index is 0.0570. The van der Waals surface area contributed by atoms with Crippen molar-refractivity contribution >= 4 is 27.4 Å². The van der Waals surface area contributed by atoms with Gasteiger partial charge in [-0.1, -0.05) is 11.6 Å². The van der Waals surface area contributed by atoms with Gasteiger partial charge in [-0.05, 0) is 49.1 Å². The third-order valence-electron chi connectivity index (χ3n) is 4.58. The lowest BCUT2D eigenvalue weighted by molar-refractivity contribution is 0.400. The van der Waals surface area contributed by atoms with Crippen molar-refractivity contribution < 1.29 is 12.8 Å². The summed E-state index contributed by atoms with van der Waals surface area (Å²) in [6.45, 7) is 1.68. The molecule has 1 aliphatic rings. The van der Waals surface area contributed by atoms with Gasteiger partial charge in [0.05, 0.1) is 15.5 Å². The second-order valence-corrected chi connectivity index (χ2v) is 8.52. The van der Waals surface area contributed by atoms with Crippen LogP contribution in [0, 0.1) is 23.1 Å². The molecule has 0 bridgehead atoms. The van der Waals surface area contributed by atoms with E-state index in [1.807, 2.05) is 4.90 Å². The third kappa shape index (κ3) is 4.56. The number of nitriles is 1. The fourth-order valence-corrected chi connectivity index (χ4v) is 4.43. The van der Waals surface area contributed by atoms with E-state index in [0.717, 1.165) is 25.0 Å². The first-order chi connectivity index (χ1) is 12.9. The number of hydrogen-bond donors (Lipinski definition) is 1. The van der Waals surface area contributed by atoms with Gasteiger partial charge in [0, 0.05) is 25.8 Å². The Morgan fingerprint density at radius 2 is 2.07 bits per heavy atom. The van der Waals surface area contributed by atoms with Crippen LogP contribution in [-0.2, 0) is 10.0 Å². The Morgan fingerprint density at radius 3 is 2.74 bits per heavy atom. The summed E-state index contributed by atoms with van der Waals surface area (Å²) in [7, 11) is -3.75. The highest BCUT2D eigenvalue weighted by Crippen LogP contribution is 2.24. The van der Waals surface area contributed by atoms with E-state index in [1.54, 1.807) is 18.3 Å². The van der Waals surface area contributed by atoms with E-state index in [0.29, 0.717) is 31.0 Å². The van der Waals surface area contributed by atoms with Gasteiger partial charge in [0.2, 0.25) is 10.0 Å². The Labute approximate surface area is 162 Å². The Hall–Kier alpha value is -2.21. The lowest BCUT2D eigenvalue weighted by atomic mass is 9.97. The first-order valence-electron chi connectivity index (χ1n) is 8.45. The summed E-state index contributed by atoms with van der Waals surface area (Å²) in [5.41, 5.74) is 0.532. The lowest BCUT2D eigenvalue weighted by Crippen LogP contribution is -2.39. The third-order valence-corrected chi connectivity index (χ3v) is 6.30. The molecule has 0 amide bonds. The van der Waals surface area contributed by atoms with Crippen LogP contribution in [0.25, 0.3) is 0 Å². The van der Waals surface area contributed by atoms with Crippen molar-refractivity contribution in [2.75, 3.05) is 24.5 Å². The van der Waals surface area contributed by atoms with Crippen LogP contribution < -0.4 is 9.62 Å². The number of pyridine rings is 1. The van der Waals surface area contributed by atoms with Crippen molar-refractivity contribution in [3.8, 4) is 6.07 Å². The van der Waals surface area contributed by atoms with E-state index in [1.165, 1.54) is 6.07 Å². The SMILES string of the molecule is N#Cc1cccnc1N1CCC(CNS(=O)(=O)c2ccc(F)c(Cl)c2)CC1. The number of anilines is 1. The number of aromatic nitrogens is 1. The summed E-state index contributed by atoms with van der Waals surface area (Å²) in [5, 5.41) is 8.97. The van der Waals surface area contributed by atoms with E-state index in [4.69, 9.17) is 11.6 Å². The zero-order valence-electron chi connectivity index (χ0n) is 14.4. The van der Waals surface area contributed by atoms with Crippen LogP contribution in [0.4, 0.5) is 10.2 Å². The van der Waals surface area contributed by atoms with Crippen molar-refractivity contribution in [3.05, 3.63) is 52.9 Å². The molecule has 1 saturated heterocycles. The molecule has 1 aliphatic heterocycles. The van der Waals surface area contributed by atoms with Crippen molar-refractivity contribution in [2.45, 2.75) is 17.7 Å². The number of sulfonamides is 1. The maximum atomic E-state index is 13.2. The molecule has 0 aliphatic carbocycles. The van der Waals surface area contributed by atoms with Crippen LogP contribution in [0.15, 0.2) is 41.4 Å². The standard InChI is InChI=1S/C18H18ClFN4O2S/c19-16-10-15(3-4-17(16)20)27(25,26)23-12-13-5-8-24(9-6-13)18-14(11-21)2-1-7-22-18/h1-4,7,10,13,23H,5-6,8-9,12H2. The molecule has 1 aromatic heterocycles. The maximum absolute atomic E-state index is 13.2. The summed E-state index contributed by atoms with van der Waals surface area (Å²) in [6, 6.07) is 8.93. The lowest BCUT2D eigenvalue weighted by Gasteiger charge is -2.33. The maximum Gasteiger partial charge on any atom is 0.240 e. The quantitative estimate of drug-likeness (QED) is 0.822. The fraction of sp³-hybridized carbons (Fsp3) is 0.333. The van der Waals surface area contributed by atoms with Crippen molar-refractivity contribution in [3.63, 3.8) is 0 Å². The first kappa shape index (κ1) is 19.5. The average Bonchev–Trinajstić information content (AvgIpc) is 2.69. The summed E-state index contributed by atoms with van der Waals surface area (Å²) < 4.78 is 40.5. The molecule has 1 N–H and O–H groups in total. The van der Waals surface area contributed by atoms with Gasteiger partial charge < -0.3 is 4.90 Å². The molecule has 0 saturated carbocycles. The monoisotopic (exact) mass is 408 g/mol. The van der Waals surface area contributed by atoms with Gasteiger partial charge in [0.15, 0.2) is 0 Å². The van der Waals surface area contributed by atoms with E-state index >= 15 is 0 Å². The van der Waals surface area contributed by atoms with Crippen molar-refractivity contribution in [1.82, 2.24) is 9.71 Å². The first-order valence-corrected chi connectivity index (χ1v) is 10.3. The molecular weight excluding hydrogens is 391 g/mol. The topological polar surface area (TPSA) is 86.1 Å². The molecule has 0 atom stereocenters. The molecule has 9 heteroatoms. The highest BCUT2D eigenvalue weighted by atomic mass is 35.5. The Kier molecular flexibility index (Phi) is 5.95. The number of nitrogens with zero attached hydrogens (tertiary/aromatic N) is 3. The van der Waals surface area contributed by atoms with E-state index in [2.05, 4.69) is 15.8 Å². The van der Waals surface area contributed by atoms with Gasteiger partial charge in [-0.15, -0.1) is 0 Å². The number of hydrogen-bond acceptors (Lipinski definition) is 5. The zero-order chi connectivity index (χ0) is 19.4. The summed E-state index contributed by atoms with van der Waals surface area (Å²) >= 11 is 5.67. The van der Waals surface area contributed by atoms with E-state index in [-0.39, 0.29) is 15.8 Å². The zero-order valence-corrected chi connectivity index (χ0v) is 16.0. The molecular formula is C18H18ClFN4O2S. The molecule has 0 spiro atoms. The highest BCUT2D eigenvalue weighted by molar-refractivity contribution is 7.89. The van der Waals surface area contributed by atoms with Gasteiger partial charge >= 0.3 is 0 Å². The van der Waals surface area contributed by atoms with Crippen LogP contribution in [0.1, 0.15) is 18.4 Å². The second-order valence-electron chi connectivity index (χ2n) is 6.34. The predicted molar refractivity (Wildman–Crippen MR) is 100 cm³/mol. The molecule has 6 nitrogen and oxygen atoms in total. The van der Waals surface area contributed by atoms with E-state index < -0.39 is 15.8 Å². The number of rotatable bonds is 5. The molecule has 0 unspecified atom stereocenters.